The molecule has 2 heterocycles. The van der Waals surface area contributed by atoms with Gasteiger partial charge in [0.05, 0.1) is 0 Å². The summed E-state index contributed by atoms with van der Waals surface area (Å²) in [6.45, 7) is 10.4. The molecule has 6 heteroatoms. The summed E-state index contributed by atoms with van der Waals surface area (Å²) in [6.07, 6.45) is 2.01. The Hall–Kier alpha value is -1.43. The SMILES string of the molecule is CN=C(NCCCCn1c(C)cccc1=O)N1CCSC(C(C)C)C1. The van der Waals surface area contributed by atoms with Gasteiger partial charge in [0.25, 0.3) is 5.56 Å². The number of pyridine rings is 1. The monoisotopic (exact) mass is 364 g/mol. The predicted octanol–water partition coefficient (Wildman–Crippen LogP) is 2.59. The van der Waals surface area contributed by atoms with Crippen LogP contribution >= 0.6 is 11.8 Å². The highest BCUT2D eigenvalue weighted by molar-refractivity contribution is 8.00. The van der Waals surface area contributed by atoms with Crippen LogP contribution in [0.4, 0.5) is 0 Å². The Labute approximate surface area is 155 Å². The van der Waals surface area contributed by atoms with Crippen LogP contribution in [0, 0.1) is 12.8 Å². The van der Waals surface area contributed by atoms with Crippen LogP contribution in [-0.4, -0.2) is 53.1 Å². The van der Waals surface area contributed by atoms with Crippen molar-refractivity contribution < 1.29 is 0 Å². The number of thioether (sulfide) groups is 1. The van der Waals surface area contributed by atoms with Crippen molar-refractivity contribution in [3.63, 3.8) is 0 Å². The second-order valence-corrected chi connectivity index (χ2v) is 8.28. The van der Waals surface area contributed by atoms with Crippen molar-refractivity contribution >= 4 is 17.7 Å². The first-order valence-electron chi connectivity index (χ1n) is 9.26. The second-order valence-electron chi connectivity index (χ2n) is 6.94. The van der Waals surface area contributed by atoms with E-state index in [2.05, 4.69) is 40.8 Å². The lowest BCUT2D eigenvalue weighted by molar-refractivity contribution is 0.380. The van der Waals surface area contributed by atoms with E-state index in [1.165, 1.54) is 5.75 Å². The van der Waals surface area contributed by atoms with Crippen molar-refractivity contribution in [3.8, 4) is 0 Å². The fourth-order valence-corrected chi connectivity index (χ4v) is 4.41. The van der Waals surface area contributed by atoms with Gasteiger partial charge in [-0.1, -0.05) is 19.9 Å². The van der Waals surface area contributed by atoms with E-state index in [0.717, 1.165) is 50.7 Å². The molecule has 0 bridgehead atoms. The molecule has 1 atom stereocenters. The molecule has 1 fully saturated rings. The number of nitrogens with one attached hydrogen (secondary N) is 1. The number of aliphatic imine (C=N–C) groups is 1. The summed E-state index contributed by atoms with van der Waals surface area (Å²) < 4.78 is 1.85. The van der Waals surface area contributed by atoms with Crippen molar-refractivity contribution in [2.75, 3.05) is 32.4 Å². The topological polar surface area (TPSA) is 49.6 Å². The third kappa shape index (κ3) is 5.80. The normalized spacial score (nSPS) is 18.7. The fourth-order valence-electron chi connectivity index (χ4n) is 3.11. The van der Waals surface area contributed by atoms with Gasteiger partial charge < -0.3 is 14.8 Å². The number of unbranched alkanes of at least 4 members (excludes halogenated alkanes) is 1. The summed E-state index contributed by atoms with van der Waals surface area (Å²) in [4.78, 5) is 18.7. The first-order chi connectivity index (χ1) is 12.0. The Bertz CT molecular complexity index is 626. The molecule has 0 radical (unpaired) electrons. The van der Waals surface area contributed by atoms with Crippen molar-refractivity contribution in [2.24, 2.45) is 10.9 Å². The molecule has 0 aromatic carbocycles. The molecule has 2 rings (SSSR count). The summed E-state index contributed by atoms with van der Waals surface area (Å²) in [7, 11) is 1.86. The molecule has 140 valence electrons. The van der Waals surface area contributed by atoms with Crippen LogP contribution in [0.15, 0.2) is 28.0 Å². The van der Waals surface area contributed by atoms with E-state index in [1.54, 1.807) is 6.07 Å². The fraction of sp³-hybridized carbons (Fsp3) is 0.684. The van der Waals surface area contributed by atoms with E-state index in [0.29, 0.717) is 11.2 Å². The Balaban J connectivity index is 1.75. The molecule has 1 aromatic rings. The van der Waals surface area contributed by atoms with Crippen molar-refractivity contribution in [1.82, 2.24) is 14.8 Å². The molecule has 1 N–H and O–H groups in total. The first-order valence-corrected chi connectivity index (χ1v) is 10.3. The van der Waals surface area contributed by atoms with Gasteiger partial charge in [-0.25, -0.2) is 0 Å². The number of aryl methyl sites for hydroxylation is 1. The second kappa shape index (κ2) is 9.90. The van der Waals surface area contributed by atoms with Gasteiger partial charge >= 0.3 is 0 Å². The minimum atomic E-state index is 0.0920. The number of guanidine groups is 1. The largest absolute Gasteiger partial charge is 0.356 e. The number of hydrogen-bond donors (Lipinski definition) is 1. The van der Waals surface area contributed by atoms with E-state index in [1.807, 2.05) is 30.7 Å². The molecular formula is C19H32N4OS. The van der Waals surface area contributed by atoms with Crippen LogP contribution in [0.25, 0.3) is 0 Å². The molecule has 1 aliphatic rings. The lowest BCUT2D eigenvalue weighted by Gasteiger charge is -2.36. The quantitative estimate of drug-likeness (QED) is 0.479. The minimum Gasteiger partial charge on any atom is -0.356 e. The third-order valence-electron chi connectivity index (χ3n) is 4.71. The van der Waals surface area contributed by atoms with Crippen LogP contribution in [0.2, 0.25) is 0 Å². The first kappa shape index (κ1) is 19.9. The molecule has 0 amide bonds. The van der Waals surface area contributed by atoms with Crippen LogP contribution < -0.4 is 10.9 Å². The summed E-state index contributed by atoms with van der Waals surface area (Å²) in [5.41, 5.74) is 1.12. The third-order valence-corrected chi connectivity index (χ3v) is 6.25. The van der Waals surface area contributed by atoms with Gasteiger partial charge in [-0.3, -0.25) is 9.79 Å². The predicted molar refractivity (Wildman–Crippen MR) is 109 cm³/mol. The molecule has 1 aromatic heterocycles. The van der Waals surface area contributed by atoms with Crippen LogP contribution in [0.3, 0.4) is 0 Å². The maximum absolute atomic E-state index is 11.9. The van der Waals surface area contributed by atoms with E-state index in [-0.39, 0.29) is 5.56 Å². The molecule has 25 heavy (non-hydrogen) atoms. The average Bonchev–Trinajstić information content (AvgIpc) is 2.60. The lowest BCUT2D eigenvalue weighted by Crippen LogP contribution is -2.49. The lowest BCUT2D eigenvalue weighted by atomic mass is 10.1. The molecule has 5 nitrogen and oxygen atoms in total. The highest BCUT2D eigenvalue weighted by Gasteiger charge is 2.24. The zero-order valence-electron chi connectivity index (χ0n) is 16.0. The van der Waals surface area contributed by atoms with Gasteiger partial charge in [0, 0.05) is 56.0 Å². The van der Waals surface area contributed by atoms with Gasteiger partial charge in [-0.2, -0.15) is 11.8 Å². The van der Waals surface area contributed by atoms with Crippen LogP contribution in [0.1, 0.15) is 32.4 Å². The van der Waals surface area contributed by atoms with Crippen LogP contribution in [0.5, 0.6) is 0 Å². The van der Waals surface area contributed by atoms with Gasteiger partial charge in [0.1, 0.15) is 0 Å². The van der Waals surface area contributed by atoms with Crippen molar-refractivity contribution in [3.05, 3.63) is 34.2 Å². The maximum atomic E-state index is 11.9. The molecule has 1 aliphatic heterocycles. The van der Waals surface area contributed by atoms with Gasteiger partial charge in [0.2, 0.25) is 0 Å². The summed E-state index contributed by atoms with van der Waals surface area (Å²) >= 11 is 2.08. The summed E-state index contributed by atoms with van der Waals surface area (Å²) in [5, 5.41) is 4.17. The van der Waals surface area contributed by atoms with Crippen molar-refractivity contribution in [2.45, 2.75) is 45.4 Å². The van der Waals surface area contributed by atoms with E-state index in [4.69, 9.17) is 0 Å². The van der Waals surface area contributed by atoms with Crippen LogP contribution in [-0.2, 0) is 6.54 Å². The maximum Gasteiger partial charge on any atom is 0.250 e. The Kier molecular flexibility index (Phi) is 7.88. The number of nitrogens with zero attached hydrogens (tertiary/aromatic N) is 3. The highest BCUT2D eigenvalue weighted by Crippen LogP contribution is 2.24. The highest BCUT2D eigenvalue weighted by atomic mass is 32.2. The average molecular weight is 365 g/mol. The summed E-state index contributed by atoms with van der Waals surface area (Å²) in [6, 6.07) is 5.44. The molecule has 0 saturated carbocycles. The minimum absolute atomic E-state index is 0.0920. The number of aromatic nitrogens is 1. The molecule has 0 aliphatic carbocycles. The Morgan fingerprint density at radius 2 is 2.20 bits per heavy atom. The van der Waals surface area contributed by atoms with Gasteiger partial charge in [-0.15, -0.1) is 0 Å². The zero-order valence-corrected chi connectivity index (χ0v) is 16.8. The molecular weight excluding hydrogens is 332 g/mol. The summed E-state index contributed by atoms with van der Waals surface area (Å²) in [5.74, 6) is 2.87. The number of rotatable bonds is 6. The Morgan fingerprint density at radius 1 is 1.40 bits per heavy atom. The van der Waals surface area contributed by atoms with E-state index >= 15 is 0 Å². The smallest absolute Gasteiger partial charge is 0.250 e. The molecule has 1 saturated heterocycles. The van der Waals surface area contributed by atoms with Gasteiger partial charge in [-0.05, 0) is 31.7 Å². The van der Waals surface area contributed by atoms with E-state index in [9.17, 15) is 4.79 Å². The standard InChI is InChI=1S/C19H32N4OS/c1-15(2)17-14-22(12-13-25-17)19(20-4)21-10-5-6-11-23-16(3)8-7-9-18(23)24/h7-9,15,17H,5-6,10-14H2,1-4H3,(H,20,21). The molecule has 0 spiro atoms. The Morgan fingerprint density at radius 3 is 2.88 bits per heavy atom. The zero-order chi connectivity index (χ0) is 18.2. The number of hydrogen-bond acceptors (Lipinski definition) is 3. The van der Waals surface area contributed by atoms with Crippen molar-refractivity contribution in [1.29, 1.82) is 0 Å². The van der Waals surface area contributed by atoms with Gasteiger partial charge in [0.15, 0.2) is 5.96 Å². The van der Waals surface area contributed by atoms with E-state index < -0.39 is 0 Å². The molecule has 1 unspecified atom stereocenters.